The summed E-state index contributed by atoms with van der Waals surface area (Å²) in [5, 5.41) is 8.70. The molecular weight excluding hydrogens is 396 g/mol. The van der Waals surface area contributed by atoms with Gasteiger partial charge in [-0.25, -0.2) is 18.5 Å². The van der Waals surface area contributed by atoms with E-state index in [0.29, 0.717) is 6.54 Å². The summed E-state index contributed by atoms with van der Waals surface area (Å²) in [7, 11) is -1.88. The molecule has 0 aliphatic carbocycles. The van der Waals surface area contributed by atoms with Gasteiger partial charge in [0.1, 0.15) is 0 Å². The number of hydrogen-bond donors (Lipinski definition) is 2. The average Bonchev–Trinajstić information content (AvgIpc) is 3.10. The van der Waals surface area contributed by atoms with Gasteiger partial charge < -0.3 is 10.2 Å². The van der Waals surface area contributed by atoms with E-state index in [9.17, 15) is 13.2 Å². The van der Waals surface area contributed by atoms with Crippen LogP contribution in [0.1, 0.15) is 16.7 Å². The third-order valence-corrected chi connectivity index (χ3v) is 6.61. The topological polar surface area (TPSA) is 105 Å². The zero-order valence-corrected chi connectivity index (χ0v) is 17.5. The van der Waals surface area contributed by atoms with Crippen LogP contribution in [0.4, 0.5) is 5.13 Å². The highest BCUT2D eigenvalue weighted by Gasteiger charge is 2.14. The zero-order valence-electron chi connectivity index (χ0n) is 15.9. The Morgan fingerprint density at radius 2 is 1.79 bits per heavy atom. The maximum absolute atomic E-state index is 12.3. The molecule has 1 heterocycles. The first kappa shape index (κ1) is 20.2. The number of carbonyl (C=O) groups is 1. The van der Waals surface area contributed by atoms with Gasteiger partial charge in [0.05, 0.1) is 21.7 Å². The number of likely N-dealkylation sites (N-methyl/N-ethyl adjacent to an activating group) is 1. The van der Waals surface area contributed by atoms with Crippen LogP contribution in [0.25, 0.3) is 10.2 Å². The van der Waals surface area contributed by atoms with E-state index < -0.39 is 10.0 Å². The number of hydrogen-bond acceptors (Lipinski definition) is 6. The van der Waals surface area contributed by atoms with Crippen molar-refractivity contribution in [3.05, 3.63) is 53.1 Å². The van der Waals surface area contributed by atoms with E-state index in [2.05, 4.69) is 29.4 Å². The molecule has 9 heteroatoms. The lowest BCUT2D eigenvalue weighted by Crippen LogP contribution is -2.34. The molecule has 1 amide bonds. The predicted molar refractivity (Wildman–Crippen MR) is 112 cm³/mol. The number of sulfonamides is 1. The number of amides is 1. The SMILES string of the molecule is Cc1ccc(C)c2sc(N(C)CC(=O)NCc3ccc(S(N)(=O)=O)cc3)nc12. The van der Waals surface area contributed by atoms with Gasteiger partial charge in [-0.15, -0.1) is 0 Å². The summed E-state index contributed by atoms with van der Waals surface area (Å²) >= 11 is 1.57. The molecule has 0 aliphatic heterocycles. The number of carbonyl (C=O) groups excluding carboxylic acids is 1. The molecule has 3 rings (SSSR count). The van der Waals surface area contributed by atoms with E-state index in [4.69, 9.17) is 5.14 Å². The summed E-state index contributed by atoms with van der Waals surface area (Å²) in [6.45, 7) is 4.56. The lowest BCUT2D eigenvalue weighted by Gasteiger charge is -2.15. The van der Waals surface area contributed by atoms with E-state index in [1.807, 2.05) is 18.9 Å². The third-order valence-electron chi connectivity index (χ3n) is 4.38. The van der Waals surface area contributed by atoms with Crippen LogP contribution in [-0.2, 0) is 21.4 Å². The van der Waals surface area contributed by atoms with Crippen LogP contribution in [0.3, 0.4) is 0 Å². The van der Waals surface area contributed by atoms with Crippen molar-refractivity contribution in [2.75, 3.05) is 18.5 Å². The van der Waals surface area contributed by atoms with Crippen molar-refractivity contribution in [2.45, 2.75) is 25.3 Å². The Morgan fingerprint density at radius 3 is 2.39 bits per heavy atom. The van der Waals surface area contributed by atoms with Crippen LogP contribution in [0, 0.1) is 13.8 Å². The second-order valence-electron chi connectivity index (χ2n) is 6.70. The molecular formula is C19H22N4O3S2. The molecule has 0 saturated carbocycles. The smallest absolute Gasteiger partial charge is 0.239 e. The van der Waals surface area contributed by atoms with Crippen molar-refractivity contribution in [2.24, 2.45) is 5.14 Å². The number of aryl methyl sites for hydroxylation is 2. The standard InChI is InChI=1S/C19H22N4O3S2/c1-12-4-5-13(2)18-17(12)22-19(27-18)23(3)11-16(24)21-10-14-6-8-15(9-7-14)28(20,25)26/h4-9H,10-11H2,1-3H3,(H,21,24)(H2,20,25,26). The third kappa shape index (κ3) is 4.49. The van der Waals surface area contributed by atoms with Crippen LogP contribution in [0.5, 0.6) is 0 Å². The van der Waals surface area contributed by atoms with Gasteiger partial charge >= 0.3 is 0 Å². The summed E-state index contributed by atoms with van der Waals surface area (Å²) in [4.78, 5) is 18.8. The number of thiazole rings is 1. The molecule has 2 aromatic carbocycles. The minimum Gasteiger partial charge on any atom is -0.350 e. The minimum atomic E-state index is -3.71. The molecule has 1 aromatic heterocycles. The van der Waals surface area contributed by atoms with E-state index in [0.717, 1.165) is 26.5 Å². The zero-order chi connectivity index (χ0) is 20.5. The Kier molecular flexibility index (Phi) is 5.69. The maximum Gasteiger partial charge on any atom is 0.239 e. The number of anilines is 1. The summed E-state index contributed by atoms with van der Waals surface area (Å²) in [6, 6.07) is 10.2. The molecule has 3 aromatic rings. The summed E-state index contributed by atoms with van der Waals surface area (Å²) in [6.07, 6.45) is 0. The molecule has 7 nitrogen and oxygen atoms in total. The largest absolute Gasteiger partial charge is 0.350 e. The highest BCUT2D eigenvalue weighted by molar-refractivity contribution is 7.89. The van der Waals surface area contributed by atoms with Crippen LogP contribution >= 0.6 is 11.3 Å². The number of primary sulfonamides is 1. The van der Waals surface area contributed by atoms with Crippen LogP contribution < -0.4 is 15.4 Å². The highest BCUT2D eigenvalue weighted by atomic mass is 32.2. The number of aromatic nitrogens is 1. The lowest BCUT2D eigenvalue weighted by atomic mass is 10.1. The fourth-order valence-electron chi connectivity index (χ4n) is 2.75. The molecule has 0 radical (unpaired) electrons. The van der Waals surface area contributed by atoms with Crippen molar-refractivity contribution < 1.29 is 13.2 Å². The molecule has 0 spiro atoms. The lowest BCUT2D eigenvalue weighted by molar-refractivity contribution is -0.119. The average molecular weight is 419 g/mol. The van der Waals surface area contributed by atoms with Gasteiger partial charge in [-0.3, -0.25) is 4.79 Å². The number of benzene rings is 2. The van der Waals surface area contributed by atoms with Gasteiger partial charge in [0.25, 0.3) is 0 Å². The Balaban J connectivity index is 1.62. The Labute approximate surface area is 168 Å². The van der Waals surface area contributed by atoms with Crippen LogP contribution in [0.2, 0.25) is 0 Å². The Bertz CT molecular complexity index is 1080. The second-order valence-corrected chi connectivity index (χ2v) is 9.23. The number of nitrogens with two attached hydrogens (primary N) is 1. The van der Waals surface area contributed by atoms with E-state index >= 15 is 0 Å². The molecule has 0 fully saturated rings. The summed E-state index contributed by atoms with van der Waals surface area (Å²) in [5.74, 6) is -0.147. The van der Waals surface area contributed by atoms with E-state index in [1.54, 1.807) is 23.5 Å². The maximum atomic E-state index is 12.3. The van der Waals surface area contributed by atoms with Gasteiger partial charge in [-0.1, -0.05) is 35.6 Å². The summed E-state index contributed by atoms with van der Waals surface area (Å²) in [5.41, 5.74) is 4.05. The molecule has 0 aliphatic rings. The normalized spacial score (nSPS) is 11.6. The van der Waals surface area contributed by atoms with Crippen molar-refractivity contribution in [3.63, 3.8) is 0 Å². The predicted octanol–water partition coefficient (Wildman–Crippen LogP) is 2.31. The van der Waals surface area contributed by atoms with Crippen molar-refractivity contribution in [3.8, 4) is 0 Å². The molecule has 0 unspecified atom stereocenters. The molecule has 148 valence electrons. The van der Waals surface area contributed by atoms with Crippen molar-refractivity contribution in [1.82, 2.24) is 10.3 Å². The Hall–Kier alpha value is -2.49. The van der Waals surface area contributed by atoms with Gasteiger partial charge in [0, 0.05) is 13.6 Å². The van der Waals surface area contributed by atoms with Crippen LogP contribution in [-0.4, -0.2) is 32.9 Å². The quantitative estimate of drug-likeness (QED) is 0.639. The van der Waals surface area contributed by atoms with Crippen molar-refractivity contribution >= 4 is 42.6 Å². The number of fused-ring (bicyclic) bond motifs is 1. The van der Waals surface area contributed by atoms with E-state index in [1.165, 1.54) is 17.7 Å². The molecule has 0 atom stereocenters. The minimum absolute atomic E-state index is 0.0451. The first-order valence-corrected chi connectivity index (χ1v) is 11.0. The number of rotatable bonds is 6. The molecule has 28 heavy (non-hydrogen) atoms. The molecule has 3 N–H and O–H groups in total. The fourth-order valence-corrected chi connectivity index (χ4v) is 4.34. The van der Waals surface area contributed by atoms with Gasteiger partial charge in [-0.2, -0.15) is 0 Å². The second kappa shape index (κ2) is 7.86. The van der Waals surface area contributed by atoms with Gasteiger partial charge in [-0.05, 0) is 42.7 Å². The van der Waals surface area contributed by atoms with Gasteiger partial charge in [0.15, 0.2) is 5.13 Å². The Morgan fingerprint density at radius 1 is 1.14 bits per heavy atom. The number of nitrogens with zero attached hydrogens (tertiary/aromatic N) is 2. The first-order chi connectivity index (χ1) is 13.1. The molecule has 0 bridgehead atoms. The summed E-state index contributed by atoms with van der Waals surface area (Å²) < 4.78 is 23.7. The van der Waals surface area contributed by atoms with Crippen LogP contribution in [0.15, 0.2) is 41.3 Å². The van der Waals surface area contributed by atoms with Gasteiger partial charge in [0.2, 0.25) is 15.9 Å². The monoisotopic (exact) mass is 418 g/mol. The number of nitrogens with one attached hydrogen (secondary N) is 1. The van der Waals surface area contributed by atoms with E-state index in [-0.39, 0.29) is 17.3 Å². The van der Waals surface area contributed by atoms with Crippen molar-refractivity contribution in [1.29, 1.82) is 0 Å². The molecule has 0 saturated heterocycles. The highest BCUT2D eigenvalue weighted by Crippen LogP contribution is 2.32. The fraction of sp³-hybridized carbons (Fsp3) is 0.263. The first-order valence-electron chi connectivity index (χ1n) is 8.61.